The summed E-state index contributed by atoms with van der Waals surface area (Å²) >= 11 is 1.85. The van der Waals surface area contributed by atoms with Crippen molar-refractivity contribution in [2.75, 3.05) is 9.80 Å². The second-order valence-electron chi connectivity index (χ2n) is 16.4. The minimum Gasteiger partial charge on any atom is -0.456 e. The highest BCUT2D eigenvalue weighted by molar-refractivity contribution is 7.25. The van der Waals surface area contributed by atoms with Gasteiger partial charge in [-0.15, -0.1) is 11.3 Å². The van der Waals surface area contributed by atoms with Crippen LogP contribution in [0.2, 0.25) is 0 Å². The van der Waals surface area contributed by atoms with E-state index in [1.54, 1.807) is 0 Å². The van der Waals surface area contributed by atoms with Gasteiger partial charge in [-0.2, -0.15) is 0 Å². The van der Waals surface area contributed by atoms with E-state index in [9.17, 15) is 0 Å². The third kappa shape index (κ3) is 6.20. The highest BCUT2D eigenvalue weighted by Crippen LogP contribution is 2.48. The van der Waals surface area contributed by atoms with Gasteiger partial charge in [0.1, 0.15) is 22.3 Å². The molecule has 0 bridgehead atoms. The van der Waals surface area contributed by atoms with E-state index >= 15 is 0 Å². The van der Waals surface area contributed by atoms with E-state index in [0.29, 0.717) is 0 Å². The van der Waals surface area contributed by atoms with Gasteiger partial charge in [-0.3, -0.25) is 0 Å². The normalized spacial score (nSPS) is 11.7. The van der Waals surface area contributed by atoms with Crippen molar-refractivity contribution in [3.8, 4) is 22.3 Å². The van der Waals surface area contributed by atoms with Crippen molar-refractivity contribution in [2.45, 2.75) is 0 Å². The fraction of sp³-hybridized carbons (Fsp3) is 0. The summed E-state index contributed by atoms with van der Waals surface area (Å²) in [5, 5.41) is 6.86. The van der Waals surface area contributed by atoms with Gasteiger partial charge in [0.05, 0.1) is 27.8 Å². The number of hydrogen-bond donors (Lipinski definition) is 0. The maximum atomic E-state index is 6.83. The molecule has 10 aromatic carbocycles. The third-order valence-corrected chi connectivity index (χ3v) is 13.8. The second kappa shape index (κ2) is 15.2. The maximum Gasteiger partial charge on any atom is 0.137 e. The lowest BCUT2D eigenvalue weighted by Crippen LogP contribution is -2.11. The summed E-state index contributed by atoms with van der Waals surface area (Å²) < 4.78 is 15.9. The molecule has 65 heavy (non-hydrogen) atoms. The monoisotopic (exact) mass is 850 g/mol. The van der Waals surface area contributed by atoms with Crippen molar-refractivity contribution in [2.24, 2.45) is 0 Å². The Balaban J connectivity index is 0.926. The van der Waals surface area contributed by atoms with E-state index in [4.69, 9.17) is 8.83 Å². The molecule has 0 aliphatic rings. The van der Waals surface area contributed by atoms with Crippen LogP contribution < -0.4 is 9.80 Å². The van der Waals surface area contributed by atoms with Gasteiger partial charge in [-0.1, -0.05) is 127 Å². The van der Waals surface area contributed by atoms with Gasteiger partial charge >= 0.3 is 0 Å². The van der Waals surface area contributed by atoms with Crippen LogP contribution in [-0.4, -0.2) is 0 Å². The number of furan rings is 2. The lowest BCUT2D eigenvalue weighted by molar-refractivity contribution is 0.669. The van der Waals surface area contributed by atoms with Gasteiger partial charge in [0.15, 0.2) is 0 Å². The number of rotatable bonds is 8. The molecule has 0 aliphatic heterocycles. The summed E-state index contributed by atoms with van der Waals surface area (Å²) in [7, 11) is 0. The Labute approximate surface area is 379 Å². The molecule has 4 nitrogen and oxygen atoms in total. The van der Waals surface area contributed by atoms with Gasteiger partial charge in [0, 0.05) is 53.6 Å². The maximum absolute atomic E-state index is 6.83. The zero-order valence-corrected chi connectivity index (χ0v) is 35.9. The molecule has 0 unspecified atom stereocenters. The molecule has 0 radical (unpaired) electrons. The standard InChI is InChI=1S/C60H38N2O2S/c1-3-15-42(16-4-1)61(44-33-29-39(30-34-44)40-32-36-58-49(37-40)46-20-9-12-28-57(46)65-58)50-22-10-7-19-45(50)41-31-35-48-56(38-41)64-55-27-14-24-52(60(48)55)62(43-17-5-2-6-18-43)51-23-13-26-54-59(51)47-21-8-11-25-53(47)63-54/h1-38H. The van der Waals surface area contributed by atoms with Crippen molar-refractivity contribution in [3.05, 3.63) is 231 Å². The minimum absolute atomic E-state index is 0.824. The van der Waals surface area contributed by atoms with Crippen molar-refractivity contribution in [1.82, 2.24) is 0 Å². The van der Waals surface area contributed by atoms with Crippen molar-refractivity contribution in [1.29, 1.82) is 0 Å². The molecule has 0 saturated heterocycles. The van der Waals surface area contributed by atoms with E-state index in [0.717, 1.165) is 89.1 Å². The molecule has 5 heteroatoms. The Bertz CT molecular complexity index is 3900. The Hall–Kier alpha value is -8.38. The molecule has 3 heterocycles. The van der Waals surface area contributed by atoms with E-state index in [1.807, 2.05) is 23.5 Å². The van der Waals surface area contributed by atoms with Crippen LogP contribution in [0.15, 0.2) is 239 Å². The molecule has 306 valence electrons. The number of benzene rings is 10. The molecule has 0 spiro atoms. The fourth-order valence-electron chi connectivity index (χ4n) is 9.71. The second-order valence-corrected chi connectivity index (χ2v) is 17.5. The minimum atomic E-state index is 0.824. The van der Waals surface area contributed by atoms with Gasteiger partial charge in [0.25, 0.3) is 0 Å². The van der Waals surface area contributed by atoms with Gasteiger partial charge in [0.2, 0.25) is 0 Å². The predicted octanol–water partition coefficient (Wildman–Crippen LogP) is 18.1. The molecule has 0 atom stereocenters. The first kappa shape index (κ1) is 37.2. The Morgan fingerprint density at radius 2 is 0.815 bits per heavy atom. The average molecular weight is 851 g/mol. The zero-order chi connectivity index (χ0) is 42.8. The fourth-order valence-corrected chi connectivity index (χ4v) is 10.8. The number of hydrogen-bond acceptors (Lipinski definition) is 5. The van der Waals surface area contributed by atoms with Gasteiger partial charge in [-0.25, -0.2) is 0 Å². The van der Waals surface area contributed by atoms with Gasteiger partial charge in [-0.05, 0) is 120 Å². The highest BCUT2D eigenvalue weighted by Gasteiger charge is 2.24. The molecule has 13 aromatic rings. The van der Waals surface area contributed by atoms with Crippen LogP contribution in [0.25, 0.3) is 86.3 Å². The Kier molecular flexibility index (Phi) is 8.68. The lowest BCUT2D eigenvalue weighted by atomic mass is 9.99. The van der Waals surface area contributed by atoms with Crippen molar-refractivity contribution >= 4 is 110 Å². The number of anilines is 6. The first-order valence-electron chi connectivity index (χ1n) is 21.9. The zero-order valence-electron chi connectivity index (χ0n) is 35.1. The number of para-hydroxylation sites is 4. The van der Waals surface area contributed by atoms with Crippen LogP contribution >= 0.6 is 11.3 Å². The molecular weight excluding hydrogens is 813 g/mol. The number of nitrogens with zero attached hydrogens (tertiary/aromatic N) is 2. The topological polar surface area (TPSA) is 32.8 Å². The quantitative estimate of drug-likeness (QED) is 0.152. The lowest BCUT2D eigenvalue weighted by Gasteiger charge is -2.28. The van der Waals surface area contributed by atoms with Crippen LogP contribution in [-0.2, 0) is 0 Å². The predicted molar refractivity (Wildman–Crippen MR) is 274 cm³/mol. The summed E-state index contributed by atoms with van der Waals surface area (Å²) in [5.41, 5.74) is 14.3. The van der Waals surface area contributed by atoms with Gasteiger partial charge < -0.3 is 18.6 Å². The highest BCUT2D eigenvalue weighted by atomic mass is 32.1. The molecule has 0 aliphatic carbocycles. The third-order valence-electron chi connectivity index (χ3n) is 12.7. The summed E-state index contributed by atoms with van der Waals surface area (Å²) in [4.78, 5) is 4.70. The van der Waals surface area contributed by atoms with Crippen LogP contribution in [0.5, 0.6) is 0 Å². The Morgan fingerprint density at radius 3 is 1.57 bits per heavy atom. The van der Waals surface area contributed by atoms with Crippen LogP contribution in [0.4, 0.5) is 34.1 Å². The molecular formula is C60H38N2O2S. The van der Waals surface area contributed by atoms with Crippen LogP contribution in [0, 0.1) is 0 Å². The molecule has 0 saturated carbocycles. The average Bonchev–Trinajstić information content (AvgIpc) is 4.07. The number of thiophene rings is 1. The molecule has 0 fully saturated rings. The summed E-state index contributed by atoms with van der Waals surface area (Å²) in [5.74, 6) is 0. The first-order chi connectivity index (χ1) is 32.2. The van der Waals surface area contributed by atoms with E-state index in [1.165, 1.54) is 31.3 Å². The SMILES string of the molecule is c1ccc(N(c2ccc(-c3ccc4sc5ccccc5c4c3)cc2)c2ccccc2-c2ccc3c(c2)oc2cccc(N(c4ccccc4)c4cccc5oc6ccccc6c45)c23)cc1. The summed E-state index contributed by atoms with van der Waals surface area (Å²) in [6.07, 6.45) is 0. The molecule has 3 aromatic heterocycles. The van der Waals surface area contributed by atoms with E-state index < -0.39 is 0 Å². The Morgan fingerprint density at radius 1 is 0.292 bits per heavy atom. The van der Waals surface area contributed by atoms with Crippen molar-refractivity contribution in [3.63, 3.8) is 0 Å². The van der Waals surface area contributed by atoms with Crippen molar-refractivity contribution < 1.29 is 8.83 Å². The molecule has 13 rings (SSSR count). The molecule has 0 N–H and O–H groups in total. The summed E-state index contributed by atoms with van der Waals surface area (Å²) in [6, 6.07) is 82.0. The van der Waals surface area contributed by atoms with Crippen LogP contribution in [0.3, 0.4) is 0 Å². The first-order valence-corrected chi connectivity index (χ1v) is 22.7. The molecule has 0 amide bonds. The number of fused-ring (bicyclic) bond motifs is 9. The van der Waals surface area contributed by atoms with E-state index in [2.05, 4.69) is 228 Å². The largest absolute Gasteiger partial charge is 0.456 e. The summed E-state index contributed by atoms with van der Waals surface area (Å²) in [6.45, 7) is 0. The van der Waals surface area contributed by atoms with Crippen LogP contribution in [0.1, 0.15) is 0 Å². The van der Waals surface area contributed by atoms with E-state index in [-0.39, 0.29) is 0 Å². The smallest absolute Gasteiger partial charge is 0.137 e.